The highest BCUT2D eigenvalue weighted by atomic mass is 16.5. The summed E-state index contributed by atoms with van der Waals surface area (Å²) < 4.78 is 11.0. The molecule has 100 valence electrons. The minimum atomic E-state index is -0.239. The Labute approximate surface area is 111 Å². The van der Waals surface area contributed by atoms with E-state index in [-0.39, 0.29) is 11.7 Å². The van der Waals surface area contributed by atoms with Crippen LogP contribution in [0, 0.1) is 0 Å². The molecule has 0 atom stereocenters. The van der Waals surface area contributed by atoms with Gasteiger partial charge in [-0.15, -0.1) is 0 Å². The largest absolute Gasteiger partial charge is 0.491 e. The van der Waals surface area contributed by atoms with E-state index in [1.807, 2.05) is 26.0 Å². The number of hydrogen-bond acceptors (Lipinski definition) is 4. The Balaban J connectivity index is 2.17. The normalized spacial score (nSPS) is 14.7. The lowest BCUT2D eigenvalue weighted by Crippen LogP contribution is -2.29. The maximum absolute atomic E-state index is 12.0. The van der Waals surface area contributed by atoms with Gasteiger partial charge in [-0.1, -0.05) is 0 Å². The van der Waals surface area contributed by atoms with Crippen molar-refractivity contribution in [2.45, 2.75) is 32.9 Å². The van der Waals surface area contributed by atoms with Gasteiger partial charge in [0.25, 0.3) is 0 Å². The topological polar surface area (TPSA) is 51.5 Å². The Morgan fingerprint density at radius 1 is 1.32 bits per heavy atom. The Bertz CT molecular complexity index is 673. The number of fused-ring (bicyclic) bond motifs is 3. The van der Waals surface area contributed by atoms with Crippen LogP contribution in [0.3, 0.4) is 0 Å². The highest BCUT2D eigenvalue weighted by Crippen LogP contribution is 2.26. The van der Waals surface area contributed by atoms with Crippen LogP contribution in [-0.2, 0) is 13.0 Å². The number of nitrogens with one attached hydrogen (secondary N) is 1. The van der Waals surface area contributed by atoms with E-state index in [0.29, 0.717) is 12.1 Å². The van der Waals surface area contributed by atoms with E-state index in [9.17, 15) is 4.79 Å². The monoisotopic (exact) mass is 259 g/mol. The quantitative estimate of drug-likeness (QED) is 0.840. The molecule has 1 N–H and O–H groups in total. The van der Waals surface area contributed by atoms with Gasteiger partial charge in [0.05, 0.1) is 11.7 Å². The molecule has 1 aliphatic rings. The van der Waals surface area contributed by atoms with Crippen molar-refractivity contribution < 1.29 is 9.15 Å². The summed E-state index contributed by atoms with van der Waals surface area (Å²) in [5, 5.41) is 4.22. The maximum Gasteiger partial charge on any atom is 0.341 e. The number of ether oxygens (including phenoxy) is 1. The molecule has 0 saturated heterocycles. The lowest BCUT2D eigenvalue weighted by atomic mass is 9.99. The second-order valence-electron chi connectivity index (χ2n) is 5.10. The number of rotatable bonds is 2. The van der Waals surface area contributed by atoms with Crippen molar-refractivity contribution in [2.24, 2.45) is 0 Å². The SMILES string of the molecule is CC(C)Oc1ccc2c3c(c(=O)oc2c1)CNCC3. The molecule has 0 unspecified atom stereocenters. The second kappa shape index (κ2) is 4.70. The molecule has 0 aliphatic carbocycles. The number of hydrogen-bond donors (Lipinski definition) is 1. The lowest BCUT2D eigenvalue weighted by molar-refractivity contribution is 0.242. The molecule has 1 aromatic carbocycles. The average molecular weight is 259 g/mol. The van der Waals surface area contributed by atoms with Gasteiger partial charge in [0.2, 0.25) is 0 Å². The summed E-state index contributed by atoms with van der Waals surface area (Å²) in [7, 11) is 0. The molecule has 19 heavy (non-hydrogen) atoms. The van der Waals surface area contributed by atoms with Crippen molar-refractivity contribution >= 4 is 11.0 Å². The van der Waals surface area contributed by atoms with Crippen LogP contribution in [-0.4, -0.2) is 12.6 Å². The van der Waals surface area contributed by atoms with E-state index in [0.717, 1.165) is 35.2 Å². The zero-order valence-electron chi connectivity index (χ0n) is 11.2. The summed E-state index contributed by atoms with van der Waals surface area (Å²) in [6.07, 6.45) is 0.966. The smallest absolute Gasteiger partial charge is 0.341 e. The third-order valence-electron chi connectivity index (χ3n) is 3.32. The van der Waals surface area contributed by atoms with Gasteiger partial charge >= 0.3 is 5.63 Å². The molecule has 4 nitrogen and oxygen atoms in total. The Morgan fingerprint density at radius 2 is 2.16 bits per heavy atom. The van der Waals surface area contributed by atoms with Crippen molar-refractivity contribution in [2.75, 3.05) is 6.54 Å². The molecule has 4 heteroatoms. The minimum Gasteiger partial charge on any atom is -0.491 e. The Kier molecular flexibility index (Phi) is 3.03. The predicted molar refractivity (Wildman–Crippen MR) is 73.7 cm³/mol. The summed E-state index contributed by atoms with van der Waals surface area (Å²) in [5.74, 6) is 0.736. The average Bonchev–Trinajstić information content (AvgIpc) is 2.38. The molecule has 2 aromatic rings. The van der Waals surface area contributed by atoms with Crippen molar-refractivity contribution in [3.63, 3.8) is 0 Å². The van der Waals surface area contributed by atoms with Gasteiger partial charge < -0.3 is 14.5 Å². The first kappa shape index (κ1) is 12.2. The van der Waals surface area contributed by atoms with Crippen LogP contribution in [0.4, 0.5) is 0 Å². The third kappa shape index (κ3) is 2.24. The molecule has 2 heterocycles. The maximum atomic E-state index is 12.0. The minimum absolute atomic E-state index is 0.103. The lowest BCUT2D eigenvalue weighted by Gasteiger charge is -2.17. The van der Waals surface area contributed by atoms with Crippen LogP contribution in [0.25, 0.3) is 11.0 Å². The van der Waals surface area contributed by atoms with Crippen LogP contribution in [0.1, 0.15) is 25.0 Å². The van der Waals surface area contributed by atoms with Gasteiger partial charge in [0.1, 0.15) is 11.3 Å². The predicted octanol–water partition coefficient (Wildman–Crippen LogP) is 2.23. The fourth-order valence-electron chi connectivity index (χ4n) is 2.52. The van der Waals surface area contributed by atoms with Crippen LogP contribution in [0.15, 0.2) is 27.4 Å². The fraction of sp³-hybridized carbons (Fsp3) is 0.400. The van der Waals surface area contributed by atoms with Crippen LogP contribution in [0.5, 0.6) is 5.75 Å². The van der Waals surface area contributed by atoms with Crippen molar-refractivity contribution in [3.05, 3.63) is 39.7 Å². The molecule has 0 spiro atoms. The Hall–Kier alpha value is -1.81. The highest BCUT2D eigenvalue weighted by Gasteiger charge is 2.17. The first-order valence-electron chi connectivity index (χ1n) is 6.61. The van der Waals surface area contributed by atoms with Gasteiger partial charge in [-0.25, -0.2) is 4.79 Å². The molecular formula is C15H17NO3. The molecule has 1 aromatic heterocycles. The van der Waals surface area contributed by atoms with E-state index in [2.05, 4.69) is 5.32 Å². The zero-order valence-corrected chi connectivity index (χ0v) is 11.2. The zero-order chi connectivity index (χ0) is 13.4. The van der Waals surface area contributed by atoms with Gasteiger partial charge in [0, 0.05) is 18.0 Å². The third-order valence-corrected chi connectivity index (χ3v) is 3.32. The molecule has 0 saturated carbocycles. The van der Waals surface area contributed by atoms with E-state index < -0.39 is 0 Å². The van der Waals surface area contributed by atoms with Crippen LogP contribution in [0.2, 0.25) is 0 Å². The molecular weight excluding hydrogens is 242 g/mol. The van der Waals surface area contributed by atoms with Crippen molar-refractivity contribution in [3.8, 4) is 5.75 Å². The van der Waals surface area contributed by atoms with Crippen molar-refractivity contribution in [1.82, 2.24) is 5.32 Å². The summed E-state index contributed by atoms with van der Waals surface area (Å²) >= 11 is 0. The molecule has 0 fully saturated rings. The van der Waals surface area contributed by atoms with Crippen molar-refractivity contribution in [1.29, 1.82) is 0 Å². The summed E-state index contributed by atoms with van der Waals surface area (Å²) in [4.78, 5) is 12.0. The van der Waals surface area contributed by atoms with E-state index in [4.69, 9.17) is 9.15 Å². The number of benzene rings is 1. The van der Waals surface area contributed by atoms with Gasteiger partial charge in [-0.2, -0.15) is 0 Å². The standard InChI is InChI=1S/C15H17NO3/c1-9(2)18-10-3-4-12-11-5-6-16-8-13(11)15(17)19-14(12)7-10/h3-4,7,9,16H,5-6,8H2,1-2H3. The molecule has 0 radical (unpaired) electrons. The summed E-state index contributed by atoms with van der Waals surface area (Å²) in [6.45, 7) is 5.44. The van der Waals surface area contributed by atoms with Gasteiger partial charge in [-0.3, -0.25) is 0 Å². The van der Waals surface area contributed by atoms with E-state index in [1.165, 1.54) is 0 Å². The van der Waals surface area contributed by atoms with Gasteiger partial charge in [0.15, 0.2) is 0 Å². The molecule has 0 amide bonds. The van der Waals surface area contributed by atoms with Gasteiger partial charge in [-0.05, 0) is 44.5 Å². The van der Waals surface area contributed by atoms with E-state index >= 15 is 0 Å². The summed E-state index contributed by atoms with van der Waals surface area (Å²) in [6, 6.07) is 5.73. The summed E-state index contributed by atoms with van der Waals surface area (Å²) in [5.41, 5.74) is 2.25. The second-order valence-corrected chi connectivity index (χ2v) is 5.10. The molecule has 3 rings (SSSR count). The fourth-order valence-corrected chi connectivity index (χ4v) is 2.52. The first-order chi connectivity index (χ1) is 9.15. The van der Waals surface area contributed by atoms with Crippen LogP contribution < -0.4 is 15.7 Å². The Morgan fingerprint density at radius 3 is 2.95 bits per heavy atom. The first-order valence-corrected chi connectivity index (χ1v) is 6.61. The van der Waals surface area contributed by atoms with Crippen LogP contribution >= 0.6 is 0 Å². The molecule has 0 bridgehead atoms. The van der Waals surface area contributed by atoms with E-state index in [1.54, 1.807) is 6.07 Å². The highest BCUT2D eigenvalue weighted by molar-refractivity contribution is 5.82. The molecule has 1 aliphatic heterocycles.